The Morgan fingerprint density at radius 2 is 2.00 bits per heavy atom. The lowest BCUT2D eigenvalue weighted by Gasteiger charge is -2.33. The van der Waals surface area contributed by atoms with Gasteiger partial charge >= 0.3 is 0 Å². The number of halogens is 1. The Bertz CT molecular complexity index is 951. The Kier molecular flexibility index (Phi) is 4.87. The van der Waals surface area contributed by atoms with Gasteiger partial charge < -0.3 is 5.32 Å². The van der Waals surface area contributed by atoms with Crippen LogP contribution < -0.4 is 10.2 Å². The molecule has 4 nitrogen and oxygen atoms in total. The van der Waals surface area contributed by atoms with Gasteiger partial charge in [0.25, 0.3) is 0 Å². The zero-order chi connectivity index (χ0) is 19.0. The number of para-hydroxylation sites is 2. The van der Waals surface area contributed by atoms with Crippen molar-refractivity contribution in [3.8, 4) is 0 Å². The van der Waals surface area contributed by atoms with Gasteiger partial charge in [-0.3, -0.25) is 14.5 Å². The van der Waals surface area contributed by atoms with Crippen LogP contribution in [-0.4, -0.2) is 11.7 Å². The highest BCUT2D eigenvalue weighted by Crippen LogP contribution is 2.45. The minimum absolute atomic E-state index is 0.00125. The van der Waals surface area contributed by atoms with Crippen LogP contribution in [0.2, 0.25) is 0 Å². The van der Waals surface area contributed by atoms with Crippen LogP contribution in [0, 0.1) is 0 Å². The fourth-order valence-corrected chi connectivity index (χ4v) is 4.39. The van der Waals surface area contributed by atoms with Gasteiger partial charge in [0.05, 0.1) is 17.4 Å². The van der Waals surface area contributed by atoms with Crippen molar-refractivity contribution < 1.29 is 9.59 Å². The first kappa shape index (κ1) is 18.0. The normalized spacial score (nSPS) is 19.1. The smallest absolute Gasteiger partial charge is 0.227 e. The topological polar surface area (TPSA) is 49.4 Å². The zero-order valence-corrected chi connectivity index (χ0v) is 16.8. The highest BCUT2D eigenvalue weighted by atomic mass is 79.9. The third-order valence-corrected chi connectivity index (χ3v) is 5.67. The monoisotopic (exact) mass is 424 g/mol. The molecule has 27 heavy (non-hydrogen) atoms. The van der Waals surface area contributed by atoms with E-state index in [4.69, 9.17) is 0 Å². The molecular formula is C22H21BrN2O2. The van der Waals surface area contributed by atoms with Gasteiger partial charge in [-0.15, -0.1) is 0 Å². The van der Waals surface area contributed by atoms with Crippen LogP contribution in [0.3, 0.4) is 0 Å². The van der Waals surface area contributed by atoms with Crippen molar-refractivity contribution in [2.45, 2.75) is 38.6 Å². The van der Waals surface area contributed by atoms with Crippen molar-refractivity contribution in [1.29, 1.82) is 0 Å². The van der Waals surface area contributed by atoms with Crippen LogP contribution in [0.25, 0.3) is 0 Å². The molecule has 1 unspecified atom stereocenters. The number of nitrogens with zero attached hydrogens (tertiary/aromatic N) is 1. The van der Waals surface area contributed by atoms with E-state index < -0.39 is 6.04 Å². The quantitative estimate of drug-likeness (QED) is 0.704. The predicted octanol–water partition coefficient (Wildman–Crippen LogP) is 5.37. The number of fused-ring (bicyclic) bond motifs is 1. The number of nitrogens with one attached hydrogen (secondary N) is 1. The van der Waals surface area contributed by atoms with E-state index in [1.165, 1.54) is 0 Å². The number of allylic oxidation sites excluding steroid dienone is 1. The Morgan fingerprint density at radius 3 is 2.78 bits per heavy atom. The fraction of sp³-hybridized carbons (Fsp3) is 0.273. The average Bonchev–Trinajstić information content (AvgIpc) is 2.82. The molecule has 1 atom stereocenters. The highest BCUT2D eigenvalue weighted by molar-refractivity contribution is 9.10. The first-order valence-corrected chi connectivity index (χ1v) is 10.1. The van der Waals surface area contributed by atoms with E-state index in [2.05, 4.69) is 21.2 Å². The molecule has 2 aromatic carbocycles. The summed E-state index contributed by atoms with van der Waals surface area (Å²) in [5.41, 5.74) is 4.29. The maximum Gasteiger partial charge on any atom is 0.227 e. The number of ketones is 1. The molecule has 1 aliphatic heterocycles. The standard InChI is InChI=1S/C22H21BrN2O2/c1-2-20(27)25-18-11-4-3-9-16(18)24-17-10-6-12-19(26)21(17)22(25)14-7-5-8-15(23)13-14/h3-5,7-9,11,13,22,24H,2,6,10,12H2,1H3. The highest BCUT2D eigenvalue weighted by Gasteiger charge is 2.38. The maximum absolute atomic E-state index is 13.1. The molecule has 0 aromatic heterocycles. The number of carbonyl (C=O) groups is 2. The summed E-state index contributed by atoms with van der Waals surface area (Å²) in [6.45, 7) is 1.86. The number of rotatable bonds is 2. The van der Waals surface area contributed by atoms with Gasteiger partial charge in [0.15, 0.2) is 5.78 Å². The second-order valence-electron chi connectivity index (χ2n) is 6.89. The Hall–Kier alpha value is -2.40. The Balaban J connectivity index is 2.01. The summed E-state index contributed by atoms with van der Waals surface area (Å²) in [6.07, 6.45) is 2.54. The van der Waals surface area contributed by atoms with Crippen LogP contribution >= 0.6 is 15.9 Å². The SMILES string of the molecule is CCC(=O)N1c2ccccc2NC2=C(C(=O)CCC2)C1c1cccc(Br)c1. The minimum atomic E-state index is -0.422. The average molecular weight is 425 g/mol. The number of anilines is 2. The lowest BCUT2D eigenvalue weighted by Crippen LogP contribution is -2.37. The molecular weight excluding hydrogens is 404 g/mol. The number of amides is 1. The number of hydrogen-bond acceptors (Lipinski definition) is 3. The van der Waals surface area contributed by atoms with Crippen LogP contribution in [0.5, 0.6) is 0 Å². The molecule has 1 amide bonds. The minimum Gasteiger partial charge on any atom is -0.357 e. The van der Waals surface area contributed by atoms with Crippen molar-refractivity contribution in [2.24, 2.45) is 0 Å². The Labute approximate surface area is 167 Å². The molecule has 1 aliphatic carbocycles. The molecule has 0 fully saturated rings. The second-order valence-corrected chi connectivity index (χ2v) is 7.80. The lowest BCUT2D eigenvalue weighted by atomic mass is 9.85. The summed E-state index contributed by atoms with van der Waals surface area (Å²) in [5.74, 6) is 0.122. The van der Waals surface area contributed by atoms with Crippen molar-refractivity contribution in [2.75, 3.05) is 10.2 Å². The molecule has 1 heterocycles. The molecule has 2 aromatic rings. The van der Waals surface area contributed by atoms with Crippen molar-refractivity contribution in [3.63, 3.8) is 0 Å². The van der Waals surface area contributed by atoms with Crippen molar-refractivity contribution >= 4 is 39.0 Å². The van der Waals surface area contributed by atoms with Gasteiger partial charge in [-0.05, 0) is 42.7 Å². The zero-order valence-electron chi connectivity index (χ0n) is 15.2. The molecule has 138 valence electrons. The van der Waals surface area contributed by atoms with Crippen LogP contribution in [0.1, 0.15) is 44.2 Å². The molecule has 0 bridgehead atoms. The summed E-state index contributed by atoms with van der Waals surface area (Å²) in [7, 11) is 0. The summed E-state index contributed by atoms with van der Waals surface area (Å²) in [5, 5.41) is 3.47. The number of Topliss-reactive ketones (excluding diaryl/α,β-unsaturated/α-hetero) is 1. The summed E-state index contributed by atoms with van der Waals surface area (Å²) < 4.78 is 0.930. The van der Waals surface area contributed by atoms with E-state index >= 15 is 0 Å². The maximum atomic E-state index is 13.1. The molecule has 2 aliphatic rings. The van der Waals surface area contributed by atoms with Gasteiger partial charge in [-0.2, -0.15) is 0 Å². The largest absolute Gasteiger partial charge is 0.357 e. The second kappa shape index (κ2) is 7.31. The third-order valence-electron chi connectivity index (χ3n) is 5.17. The van der Waals surface area contributed by atoms with Crippen LogP contribution in [-0.2, 0) is 9.59 Å². The number of hydrogen-bond donors (Lipinski definition) is 1. The van der Waals surface area contributed by atoms with E-state index in [9.17, 15) is 9.59 Å². The number of benzene rings is 2. The molecule has 0 radical (unpaired) electrons. The summed E-state index contributed by atoms with van der Waals surface area (Å²) in [4.78, 5) is 27.9. The Morgan fingerprint density at radius 1 is 1.19 bits per heavy atom. The molecule has 0 saturated carbocycles. The van der Waals surface area contributed by atoms with Gasteiger partial charge in [0.1, 0.15) is 0 Å². The number of carbonyl (C=O) groups excluding carboxylic acids is 2. The van der Waals surface area contributed by atoms with E-state index in [1.807, 2.05) is 55.5 Å². The first-order valence-electron chi connectivity index (χ1n) is 9.30. The fourth-order valence-electron chi connectivity index (χ4n) is 3.97. The third kappa shape index (κ3) is 3.21. The summed E-state index contributed by atoms with van der Waals surface area (Å²) >= 11 is 3.54. The van der Waals surface area contributed by atoms with Crippen LogP contribution in [0.4, 0.5) is 11.4 Å². The molecule has 4 rings (SSSR count). The molecule has 5 heteroatoms. The molecule has 0 saturated heterocycles. The molecule has 1 N–H and O–H groups in total. The van der Waals surface area contributed by atoms with Gasteiger partial charge in [-0.1, -0.05) is 47.1 Å². The summed E-state index contributed by atoms with van der Waals surface area (Å²) in [6, 6.07) is 15.3. The van der Waals surface area contributed by atoms with E-state index in [-0.39, 0.29) is 11.7 Å². The van der Waals surface area contributed by atoms with Gasteiger partial charge in [0.2, 0.25) is 5.91 Å². The van der Waals surface area contributed by atoms with Gasteiger partial charge in [-0.25, -0.2) is 0 Å². The van der Waals surface area contributed by atoms with E-state index in [0.717, 1.165) is 45.5 Å². The first-order chi connectivity index (χ1) is 13.1. The van der Waals surface area contributed by atoms with Crippen molar-refractivity contribution in [3.05, 3.63) is 69.8 Å². The molecule has 0 spiro atoms. The van der Waals surface area contributed by atoms with E-state index in [0.29, 0.717) is 12.8 Å². The van der Waals surface area contributed by atoms with Gasteiger partial charge in [0, 0.05) is 28.6 Å². The lowest BCUT2D eigenvalue weighted by molar-refractivity contribution is -0.118. The van der Waals surface area contributed by atoms with Crippen molar-refractivity contribution in [1.82, 2.24) is 0 Å². The van der Waals surface area contributed by atoms with Crippen LogP contribution in [0.15, 0.2) is 64.3 Å². The predicted molar refractivity (Wildman–Crippen MR) is 111 cm³/mol. The van der Waals surface area contributed by atoms with E-state index in [1.54, 1.807) is 4.90 Å².